The molecule has 2 aliphatic rings. The SMILES string of the molecule is CCO[C@H]1CC[C@H](S(=O)(=O)c2ccc(-c3ccnc(C)c3)cc2C(F)(F)F)C1.N#CC1(NC(=O)O)CC1. The first kappa shape index (κ1) is 28.4. The number of sulfone groups is 1. The number of rotatable bonds is 6. The summed E-state index contributed by atoms with van der Waals surface area (Å²) >= 11 is 0. The summed E-state index contributed by atoms with van der Waals surface area (Å²) in [6.07, 6.45) is -2.26. The van der Waals surface area contributed by atoms with E-state index in [-0.39, 0.29) is 12.5 Å². The average Bonchev–Trinajstić information content (AvgIpc) is 3.43. The zero-order chi connectivity index (χ0) is 27.4. The number of carbonyl (C=O) groups is 1. The van der Waals surface area contributed by atoms with E-state index in [0.29, 0.717) is 49.1 Å². The summed E-state index contributed by atoms with van der Waals surface area (Å²) < 4.78 is 72.6. The van der Waals surface area contributed by atoms with Crippen LogP contribution in [0, 0.1) is 18.3 Å². The summed E-state index contributed by atoms with van der Waals surface area (Å²) in [5, 5.41) is 17.8. The lowest BCUT2D eigenvalue weighted by Gasteiger charge is -2.18. The van der Waals surface area contributed by atoms with Gasteiger partial charge < -0.3 is 15.2 Å². The largest absolute Gasteiger partial charge is 0.465 e. The molecule has 2 atom stereocenters. The van der Waals surface area contributed by atoms with Crippen molar-refractivity contribution in [3.05, 3.63) is 47.8 Å². The lowest BCUT2D eigenvalue weighted by molar-refractivity contribution is -0.139. The quantitative estimate of drug-likeness (QED) is 0.521. The molecule has 2 N–H and O–H groups in total. The van der Waals surface area contributed by atoms with Crippen LogP contribution < -0.4 is 5.32 Å². The Balaban J connectivity index is 0.000000356. The van der Waals surface area contributed by atoms with Gasteiger partial charge in [-0.2, -0.15) is 18.4 Å². The highest BCUT2D eigenvalue weighted by atomic mass is 32.2. The number of amides is 1. The number of carboxylic acid groups (broad SMARTS) is 1. The van der Waals surface area contributed by atoms with Crippen LogP contribution in [-0.4, -0.2) is 48.1 Å². The number of nitrogens with zero attached hydrogens (tertiary/aromatic N) is 2. The van der Waals surface area contributed by atoms with Crippen LogP contribution in [0.1, 0.15) is 50.3 Å². The van der Waals surface area contributed by atoms with Crippen LogP contribution in [0.3, 0.4) is 0 Å². The predicted molar refractivity (Wildman–Crippen MR) is 128 cm³/mol. The molecule has 2 aromatic rings. The van der Waals surface area contributed by atoms with Gasteiger partial charge in [0.2, 0.25) is 0 Å². The van der Waals surface area contributed by atoms with Crippen molar-refractivity contribution in [3.63, 3.8) is 0 Å². The van der Waals surface area contributed by atoms with Crippen LogP contribution in [0.25, 0.3) is 11.1 Å². The van der Waals surface area contributed by atoms with Crippen LogP contribution >= 0.6 is 0 Å². The standard InChI is InChI=1S/C20H22F3NO3S.C5H6N2O2/c1-3-27-16-5-6-17(12-16)28(25,26)19-7-4-14(11-18(19)20(21,22)23)15-8-9-24-13(2)10-15;6-3-5(1-2-5)7-4(8)9/h4,7-11,16-17H,3,5-6,12H2,1-2H3;7H,1-2H2,(H,8,9)/t16-,17-;/m0./s1. The molecule has 0 bridgehead atoms. The van der Waals surface area contributed by atoms with Gasteiger partial charge in [0.1, 0.15) is 5.54 Å². The molecule has 1 heterocycles. The number of alkyl halides is 3. The number of hydrogen-bond acceptors (Lipinski definition) is 6. The number of benzene rings is 1. The Morgan fingerprint density at radius 3 is 2.43 bits per heavy atom. The molecule has 8 nitrogen and oxygen atoms in total. The first-order chi connectivity index (χ1) is 17.3. The Morgan fingerprint density at radius 2 is 1.92 bits per heavy atom. The molecule has 1 aromatic carbocycles. The molecule has 2 fully saturated rings. The minimum atomic E-state index is -4.78. The van der Waals surface area contributed by atoms with Gasteiger partial charge in [0.05, 0.1) is 27.9 Å². The van der Waals surface area contributed by atoms with E-state index in [2.05, 4.69) is 10.3 Å². The topological polar surface area (TPSA) is 129 Å². The first-order valence-electron chi connectivity index (χ1n) is 11.7. The van der Waals surface area contributed by atoms with Crippen LogP contribution in [0.4, 0.5) is 18.0 Å². The molecule has 0 unspecified atom stereocenters. The molecule has 0 aliphatic heterocycles. The van der Waals surface area contributed by atoms with Crippen molar-refractivity contribution in [3.8, 4) is 17.2 Å². The Hall–Kier alpha value is -3.17. The normalized spacial score (nSPS) is 20.3. The van der Waals surface area contributed by atoms with Gasteiger partial charge in [0.25, 0.3) is 0 Å². The van der Waals surface area contributed by atoms with Gasteiger partial charge in [0, 0.05) is 18.5 Å². The molecule has 0 saturated heterocycles. The average molecular weight is 540 g/mol. The Bertz CT molecular complexity index is 1290. The fraction of sp³-hybridized carbons (Fsp3) is 0.480. The lowest BCUT2D eigenvalue weighted by Crippen LogP contribution is -2.33. The van der Waals surface area contributed by atoms with Gasteiger partial charge in [-0.1, -0.05) is 6.07 Å². The maximum Gasteiger partial charge on any atom is 0.417 e. The van der Waals surface area contributed by atoms with Gasteiger partial charge in [-0.25, -0.2) is 13.2 Å². The number of pyridine rings is 1. The molecule has 2 aliphatic carbocycles. The summed E-state index contributed by atoms with van der Waals surface area (Å²) in [6, 6.07) is 8.57. The molecule has 0 spiro atoms. The molecular weight excluding hydrogens is 511 g/mol. The summed E-state index contributed by atoms with van der Waals surface area (Å²) in [6.45, 7) is 4.00. The van der Waals surface area contributed by atoms with Crippen molar-refractivity contribution in [2.75, 3.05) is 6.61 Å². The third-order valence-corrected chi connectivity index (χ3v) is 8.58. The number of aryl methyl sites for hydroxylation is 1. The smallest absolute Gasteiger partial charge is 0.417 e. The summed E-state index contributed by atoms with van der Waals surface area (Å²) in [5.41, 5.74) is -0.337. The maximum absolute atomic E-state index is 13.7. The van der Waals surface area contributed by atoms with E-state index in [4.69, 9.17) is 15.1 Å². The summed E-state index contributed by atoms with van der Waals surface area (Å²) in [4.78, 5) is 13.3. The van der Waals surface area contributed by atoms with Crippen LogP contribution in [0.5, 0.6) is 0 Å². The molecular formula is C25H28F3N3O5S. The Kier molecular flexibility index (Phi) is 8.49. The minimum Gasteiger partial charge on any atom is -0.465 e. The van der Waals surface area contributed by atoms with Crippen LogP contribution in [0.15, 0.2) is 41.4 Å². The molecule has 12 heteroatoms. The number of aromatic nitrogens is 1. The van der Waals surface area contributed by atoms with E-state index >= 15 is 0 Å². The monoisotopic (exact) mass is 539 g/mol. The van der Waals surface area contributed by atoms with E-state index in [0.717, 1.165) is 12.1 Å². The predicted octanol–water partition coefficient (Wildman–Crippen LogP) is 5.12. The van der Waals surface area contributed by atoms with E-state index in [1.807, 2.05) is 13.0 Å². The van der Waals surface area contributed by atoms with Gasteiger partial charge in [-0.3, -0.25) is 4.98 Å². The minimum absolute atomic E-state index is 0.221. The van der Waals surface area contributed by atoms with Crippen molar-refractivity contribution in [2.45, 2.75) is 73.9 Å². The number of hydrogen-bond donors (Lipinski definition) is 2. The summed E-state index contributed by atoms with van der Waals surface area (Å²) in [5.74, 6) is 0. The van der Waals surface area contributed by atoms with E-state index in [9.17, 15) is 26.4 Å². The highest BCUT2D eigenvalue weighted by Crippen LogP contribution is 2.40. The third-order valence-electron chi connectivity index (χ3n) is 6.31. The van der Waals surface area contributed by atoms with E-state index in [1.54, 1.807) is 19.1 Å². The zero-order valence-electron chi connectivity index (χ0n) is 20.4. The maximum atomic E-state index is 13.7. The van der Waals surface area contributed by atoms with Crippen molar-refractivity contribution in [1.29, 1.82) is 5.26 Å². The highest BCUT2D eigenvalue weighted by molar-refractivity contribution is 7.92. The van der Waals surface area contributed by atoms with Crippen molar-refractivity contribution >= 4 is 15.9 Å². The molecule has 2 saturated carbocycles. The van der Waals surface area contributed by atoms with Crippen LogP contribution in [0.2, 0.25) is 0 Å². The second kappa shape index (κ2) is 11.1. The zero-order valence-corrected chi connectivity index (χ0v) is 21.2. The third kappa shape index (κ3) is 6.99. The molecule has 200 valence electrons. The van der Waals surface area contributed by atoms with Crippen molar-refractivity contribution < 1.29 is 36.2 Å². The highest BCUT2D eigenvalue weighted by Gasteiger charge is 2.45. The Labute approximate surface area is 213 Å². The van der Waals surface area contributed by atoms with E-state index < -0.39 is 43.4 Å². The molecule has 0 radical (unpaired) electrons. The van der Waals surface area contributed by atoms with Gasteiger partial charge >= 0.3 is 12.3 Å². The van der Waals surface area contributed by atoms with Crippen molar-refractivity contribution in [2.24, 2.45) is 0 Å². The number of nitrogens with one attached hydrogen (secondary N) is 1. The molecule has 37 heavy (non-hydrogen) atoms. The number of nitriles is 1. The number of halogens is 3. The molecule has 1 amide bonds. The molecule has 4 rings (SSSR count). The van der Waals surface area contributed by atoms with Gasteiger partial charge in [-0.15, -0.1) is 0 Å². The van der Waals surface area contributed by atoms with Crippen LogP contribution in [-0.2, 0) is 20.8 Å². The fourth-order valence-corrected chi connectivity index (χ4v) is 6.26. The summed E-state index contributed by atoms with van der Waals surface area (Å²) in [7, 11) is -4.12. The lowest BCUT2D eigenvalue weighted by atomic mass is 10.0. The second-order valence-corrected chi connectivity index (χ2v) is 11.3. The first-order valence-corrected chi connectivity index (χ1v) is 13.3. The van der Waals surface area contributed by atoms with E-state index in [1.165, 1.54) is 12.3 Å². The van der Waals surface area contributed by atoms with Gasteiger partial charge in [-0.05, 0) is 81.3 Å². The number of ether oxygens (including phenoxy) is 1. The molecule has 1 aromatic heterocycles. The fourth-order valence-electron chi connectivity index (χ4n) is 4.25. The second-order valence-electron chi connectivity index (χ2n) is 9.08. The van der Waals surface area contributed by atoms with Gasteiger partial charge in [0.15, 0.2) is 9.84 Å². The van der Waals surface area contributed by atoms with Crippen molar-refractivity contribution in [1.82, 2.24) is 10.3 Å². The Morgan fingerprint density at radius 1 is 1.24 bits per heavy atom.